The smallest absolute Gasteiger partial charge is 0.169 e. The summed E-state index contributed by atoms with van der Waals surface area (Å²) in [5.74, 6) is 1.83. The van der Waals surface area contributed by atoms with E-state index in [2.05, 4.69) is 47.2 Å². The summed E-state index contributed by atoms with van der Waals surface area (Å²) < 4.78 is 12.0. The fourth-order valence-corrected chi connectivity index (χ4v) is 2.54. The number of furan rings is 1. The van der Waals surface area contributed by atoms with Gasteiger partial charge in [-0.25, -0.2) is 0 Å². The zero-order valence-electron chi connectivity index (χ0n) is 12.9. The third kappa shape index (κ3) is 4.61. The molecule has 0 spiro atoms. The molecule has 21 heavy (non-hydrogen) atoms. The van der Waals surface area contributed by atoms with E-state index in [9.17, 15) is 0 Å². The van der Waals surface area contributed by atoms with Gasteiger partial charge in [0.2, 0.25) is 0 Å². The number of hydrogen-bond donors (Lipinski definition) is 1. The van der Waals surface area contributed by atoms with Gasteiger partial charge in [0.1, 0.15) is 11.5 Å². The number of rotatable bonds is 6. The first-order chi connectivity index (χ1) is 9.95. The minimum atomic E-state index is 0.151. The first-order valence-corrected chi connectivity index (χ1v) is 8.03. The summed E-state index contributed by atoms with van der Waals surface area (Å²) in [5.41, 5.74) is 1.23. The van der Waals surface area contributed by atoms with E-state index in [-0.39, 0.29) is 18.2 Å². The van der Waals surface area contributed by atoms with E-state index in [1.165, 1.54) is 5.56 Å². The van der Waals surface area contributed by atoms with Crippen molar-refractivity contribution in [3.05, 3.63) is 52.4 Å². The predicted molar refractivity (Wildman–Crippen MR) is 88.6 cm³/mol. The fourth-order valence-electron chi connectivity index (χ4n) is 2.22. The zero-order valence-corrected chi connectivity index (χ0v) is 14.5. The average Bonchev–Trinajstić information content (AvgIpc) is 2.85. The summed E-state index contributed by atoms with van der Waals surface area (Å²) in [6.07, 6.45) is 0.198. The molecule has 1 heterocycles. The molecule has 0 saturated carbocycles. The van der Waals surface area contributed by atoms with Gasteiger partial charge in [-0.05, 0) is 73.5 Å². The van der Waals surface area contributed by atoms with Gasteiger partial charge in [0.05, 0.1) is 12.1 Å². The lowest BCUT2D eigenvalue weighted by atomic mass is 10.1. The minimum Gasteiger partial charge on any atom is -0.491 e. The molecule has 0 aliphatic rings. The van der Waals surface area contributed by atoms with Crippen molar-refractivity contribution in [2.45, 2.75) is 45.9 Å². The summed E-state index contributed by atoms with van der Waals surface area (Å²) in [6, 6.07) is 12.5. The van der Waals surface area contributed by atoms with Gasteiger partial charge in [0, 0.05) is 6.04 Å². The quantitative estimate of drug-likeness (QED) is 0.772. The molecule has 114 valence electrons. The highest BCUT2D eigenvalue weighted by Crippen LogP contribution is 2.24. The molecule has 2 atom stereocenters. The average molecular weight is 352 g/mol. The van der Waals surface area contributed by atoms with Crippen LogP contribution < -0.4 is 10.1 Å². The van der Waals surface area contributed by atoms with Crippen molar-refractivity contribution in [3.63, 3.8) is 0 Å². The number of halogens is 1. The summed E-state index contributed by atoms with van der Waals surface area (Å²) in [7, 11) is 0. The maximum atomic E-state index is 5.66. The van der Waals surface area contributed by atoms with E-state index in [1.807, 2.05) is 38.1 Å². The Hall–Kier alpha value is -1.26. The van der Waals surface area contributed by atoms with E-state index < -0.39 is 0 Å². The second kappa shape index (κ2) is 7.14. The molecule has 0 aliphatic carbocycles. The molecule has 1 aromatic heterocycles. The monoisotopic (exact) mass is 351 g/mol. The lowest BCUT2D eigenvalue weighted by molar-refractivity contribution is 0.242. The molecule has 1 aromatic carbocycles. The van der Waals surface area contributed by atoms with Crippen LogP contribution in [-0.2, 0) is 0 Å². The predicted octanol–water partition coefficient (Wildman–Crippen LogP) is 5.24. The van der Waals surface area contributed by atoms with Crippen LogP contribution in [0.5, 0.6) is 5.75 Å². The number of hydrogen-bond acceptors (Lipinski definition) is 3. The Morgan fingerprint density at radius 2 is 1.62 bits per heavy atom. The van der Waals surface area contributed by atoms with Gasteiger partial charge in [-0.3, -0.25) is 0 Å². The third-order valence-corrected chi connectivity index (χ3v) is 3.70. The fraction of sp³-hybridized carbons (Fsp3) is 0.412. The highest BCUT2D eigenvalue weighted by molar-refractivity contribution is 9.10. The lowest BCUT2D eigenvalue weighted by Gasteiger charge is -2.19. The normalized spacial score (nSPS) is 14.2. The Morgan fingerprint density at radius 3 is 2.14 bits per heavy atom. The van der Waals surface area contributed by atoms with Crippen molar-refractivity contribution in [1.29, 1.82) is 0 Å². The van der Waals surface area contributed by atoms with Crippen molar-refractivity contribution < 1.29 is 9.15 Å². The number of ether oxygens (including phenoxy) is 1. The van der Waals surface area contributed by atoms with Gasteiger partial charge >= 0.3 is 0 Å². The molecule has 2 rings (SSSR count). The second-order valence-corrected chi connectivity index (χ2v) is 6.27. The van der Waals surface area contributed by atoms with E-state index >= 15 is 0 Å². The van der Waals surface area contributed by atoms with Gasteiger partial charge in [-0.2, -0.15) is 0 Å². The summed E-state index contributed by atoms with van der Waals surface area (Å²) in [4.78, 5) is 0. The van der Waals surface area contributed by atoms with Gasteiger partial charge in [0.15, 0.2) is 4.67 Å². The largest absolute Gasteiger partial charge is 0.491 e. The van der Waals surface area contributed by atoms with E-state index in [4.69, 9.17) is 9.15 Å². The Balaban J connectivity index is 1.98. The van der Waals surface area contributed by atoms with Crippen molar-refractivity contribution in [2.24, 2.45) is 0 Å². The minimum absolute atomic E-state index is 0.151. The maximum Gasteiger partial charge on any atom is 0.169 e. The van der Waals surface area contributed by atoms with E-state index in [0.29, 0.717) is 0 Å². The number of benzene rings is 1. The molecule has 2 unspecified atom stereocenters. The number of nitrogens with one attached hydrogen (secondary N) is 1. The van der Waals surface area contributed by atoms with Gasteiger partial charge in [0.25, 0.3) is 0 Å². The van der Waals surface area contributed by atoms with Crippen LogP contribution in [0.25, 0.3) is 0 Å². The van der Waals surface area contributed by atoms with Crippen molar-refractivity contribution in [3.8, 4) is 5.75 Å². The van der Waals surface area contributed by atoms with Crippen molar-refractivity contribution in [2.75, 3.05) is 0 Å². The Kier molecular flexibility index (Phi) is 5.48. The van der Waals surface area contributed by atoms with Crippen LogP contribution in [0.4, 0.5) is 0 Å². The molecule has 0 amide bonds. The molecular formula is C17H22BrNO2. The highest BCUT2D eigenvalue weighted by atomic mass is 79.9. The van der Waals surface area contributed by atoms with Crippen LogP contribution in [0.15, 0.2) is 45.5 Å². The van der Waals surface area contributed by atoms with Crippen LogP contribution in [0.2, 0.25) is 0 Å². The first kappa shape index (κ1) is 16.1. The highest BCUT2D eigenvalue weighted by Gasteiger charge is 2.14. The standard InChI is InChI=1S/C17H22BrNO2/c1-11(2)20-15-7-5-14(6-8-15)12(3)19-13(4)16-9-10-17(18)21-16/h5-13,19H,1-4H3. The zero-order chi connectivity index (χ0) is 15.4. The lowest BCUT2D eigenvalue weighted by Crippen LogP contribution is -2.22. The molecule has 2 aromatic rings. The first-order valence-electron chi connectivity index (χ1n) is 7.23. The third-order valence-electron chi connectivity index (χ3n) is 3.27. The van der Waals surface area contributed by atoms with Gasteiger partial charge in [-0.1, -0.05) is 12.1 Å². The van der Waals surface area contributed by atoms with E-state index in [1.54, 1.807) is 0 Å². The summed E-state index contributed by atoms with van der Waals surface area (Å²) in [5, 5.41) is 3.53. The molecule has 0 saturated heterocycles. The Labute approximate surface area is 134 Å². The van der Waals surface area contributed by atoms with Crippen LogP contribution in [0.1, 0.15) is 51.1 Å². The van der Waals surface area contributed by atoms with Crippen LogP contribution >= 0.6 is 15.9 Å². The molecular weight excluding hydrogens is 330 g/mol. The van der Waals surface area contributed by atoms with Crippen LogP contribution in [0.3, 0.4) is 0 Å². The molecule has 0 fully saturated rings. The van der Waals surface area contributed by atoms with Crippen LogP contribution in [-0.4, -0.2) is 6.10 Å². The van der Waals surface area contributed by atoms with Gasteiger partial charge in [-0.15, -0.1) is 0 Å². The molecule has 0 aliphatic heterocycles. The second-order valence-electron chi connectivity index (χ2n) is 5.49. The molecule has 4 heteroatoms. The van der Waals surface area contributed by atoms with Crippen LogP contribution in [0, 0.1) is 0 Å². The SMILES string of the molecule is CC(C)Oc1ccc(C(C)NC(C)c2ccc(Br)o2)cc1. The molecule has 0 bridgehead atoms. The van der Waals surface area contributed by atoms with Crippen molar-refractivity contribution >= 4 is 15.9 Å². The van der Waals surface area contributed by atoms with Gasteiger partial charge < -0.3 is 14.5 Å². The maximum absolute atomic E-state index is 5.66. The van der Waals surface area contributed by atoms with E-state index in [0.717, 1.165) is 16.2 Å². The Bertz CT molecular complexity index is 562. The van der Waals surface area contributed by atoms with Crippen molar-refractivity contribution in [1.82, 2.24) is 5.32 Å². The Morgan fingerprint density at radius 1 is 0.952 bits per heavy atom. The summed E-state index contributed by atoms with van der Waals surface area (Å²) >= 11 is 3.33. The summed E-state index contributed by atoms with van der Waals surface area (Å²) in [6.45, 7) is 8.30. The molecule has 1 N–H and O–H groups in total. The topological polar surface area (TPSA) is 34.4 Å². The molecule has 0 radical (unpaired) electrons. The molecule has 3 nitrogen and oxygen atoms in total.